The van der Waals surface area contributed by atoms with E-state index in [1.54, 1.807) is 13.1 Å². The first kappa shape index (κ1) is 20.4. The van der Waals surface area contributed by atoms with Gasteiger partial charge in [0.05, 0.1) is 23.6 Å². The Morgan fingerprint density at radius 1 is 1.23 bits per heavy atom. The molecule has 2 N–H and O–H groups in total. The van der Waals surface area contributed by atoms with Gasteiger partial charge in [0.25, 0.3) is 0 Å². The Balaban J connectivity index is 1.46. The minimum atomic E-state index is -4.53. The van der Waals surface area contributed by atoms with Crippen LogP contribution in [0.25, 0.3) is 0 Å². The van der Waals surface area contributed by atoms with Crippen molar-refractivity contribution < 1.29 is 18.0 Å². The molecule has 1 aliphatic carbocycles. The number of halogens is 3. The van der Waals surface area contributed by atoms with Gasteiger partial charge in [-0.1, -0.05) is 0 Å². The second-order valence-corrected chi connectivity index (χ2v) is 7.67. The maximum absolute atomic E-state index is 13.1. The summed E-state index contributed by atoms with van der Waals surface area (Å²) in [4.78, 5) is 21.7. The van der Waals surface area contributed by atoms with Crippen molar-refractivity contribution in [3.8, 4) is 0 Å². The standard InChI is InChI=1S/C19H24F3N7O/c1-3-23-17-14(19(20,21)22)9-24-18(27-17)26-15-10-25-29(11(15)2)13-7-12(8-13)28-6-4-5-16(28)30/h9-10,12-13H,3-8H2,1-2H3,(H2,23,24,26,27)/t12-,13-. The summed E-state index contributed by atoms with van der Waals surface area (Å²) < 4.78 is 41.3. The van der Waals surface area contributed by atoms with E-state index in [2.05, 4.69) is 25.7 Å². The lowest BCUT2D eigenvalue weighted by Crippen LogP contribution is -2.46. The van der Waals surface area contributed by atoms with Gasteiger partial charge in [0, 0.05) is 31.7 Å². The molecule has 11 heteroatoms. The molecule has 4 rings (SSSR count). The van der Waals surface area contributed by atoms with Crippen molar-refractivity contribution in [1.82, 2.24) is 24.6 Å². The van der Waals surface area contributed by atoms with Crippen LogP contribution in [-0.4, -0.2) is 49.7 Å². The highest BCUT2D eigenvalue weighted by Gasteiger charge is 2.39. The van der Waals surface area contributed by atoms with Crippen LogP contribution in [0.15, 0.2) is 12.4 Å². The van der Waals surface area contributed by atoms with Gasteiger partial charge in [-0.05, 0) is 33.1 Å². The van der Waals surface area contributed by atoms with Crippen LogP contribution in [0.1, 0.15) is 49.9 Å². The van der Waals surface area contributed by atoms with Crippen molar-refractivity contribution in [3.63, 3.8) is 0 Å². The first-order valence-corrected chi connectivity index (χ1v) is 10.1. The molecule has 2 aromatic rings. The molecule has 0 atom stereocenters. The van der Waals surface area contributed by atoms with Crippen LogP contribution < -0.4 is 10.6 Å². The van der Waals surface area contributed by atoms with Crippen LogP contribution in [0.2, 0.25) is 0 Å². The number of anilines is 3. The van der Waals surface area contributed by atoms with Crippen molar-refractivity contribution >= 4 is 23.4 Å². The normalized spacial score (nSPS) is 21.6. The molecule has 2 fully saturated rings. The second-order valence-electron chi connectivity index (χ2n) is 7.67. The van der Waals surface area contributed by atoms with Gasteiger partial charge in [0.15, 0.2) is 0 Å². The third-order valence-corrected chi connectivity index (χ3v) is 5.71. The molecule has 1 saturated carbocycles. The summed E-state index contributed by atoms with van der Waals surface area (Å²) in [6.07, 6.45) is 1.14. The summed E-state index contributed by atoms with van der Waals surface area (Å²) in [7, 11) is 0. The van der Waals surface area contributed by atoms with Gasteiger partial charge in [0.2, 0.25) is 11.9 Å². The van der Waals surface area contributed by atoms with Crippen LogP contribution in [0.4, 0.5) is 30.6 Å². The van der Waals surface area contributed by atoms with Crippen molar-refractivity contribution in [3.05, 3.63) is 23.7 Å². The molecule has 30 heavy (non-hydrogen) atoms. The number of hydrogen-bond acceptors (Lipinski definition) is 6. The highest BCUT2D eigenvalue weighted by Crippen LogP contribution is 2.39. The van der Waals surface area contributed by atoms with E-state index in [-0.39, 0.29) is 29.8 Å². The molecule has 2 aromatic heterocycles. The molecule has 0 bridgehead atoms. The molecule has 1 saturated heterocycles. The van der Waals surface area contributed by atoms with Gasteiger partial charge in [-0.3, -0.25) is 9.48 Å². The number of alkyl halides is 3. The fourth-order valence-electron chi connectivity index (χ4n) is 4.05. The number of carbonyl (C=O) groups is 1. The second kappa shape index (κ2) is 7.77. The van der Waals surface area contributed by atoms with Crippen molar-refractivity contribution in [2.75, 3.05) is 23.7 Å². The Bertz CT molecular complexity index is 937. The minimum Gasteiger partial charge on any atom is -0.370 e. The topological polar surface area (TPSA) is 88.0 Å². The Morgan fingerprint density at radius 2 is 2.00 bits per heavy atom. The fraction of sp³-hybridized carbons (Fsp3) is 0.579. The Hall–Kier alpha value is -2.85. The van der Waals surface area contributed by atoms with E-state index in [9.17, 15) is 18.0 Å². The number of amides is 1. The highest BCUT2D eigenvalue weighted by molar-refractivity contribution is 5.78. The van der Waals surface area contributed by atoms with E-state index in [1.165, 1.54) is 0 Å². The molecule has 0 spiro atoms. The zero-order valence-corrected chi connectivity index (χ0v) is 16.8. The van der Waals surface area contributed by atoms with E-state index in [1.807, 2.05) is 16.5 Å². The van der Waals surface area contributed by atoms with Crippen LogP contribution in [0.5, 0.6) is 0 Å². The summed E-state index contributed by atoms with van der Waals surface area (Å²) in [6.45, 7) is 4.73. The Morgan fingerprint density at radius 3 is 2.63 bits per heavy atom. The fourth-order valence-corrected chi connectivity index (χ4v) is 4.05. The average molecular weight is 423 g/mol. The van der Waals surface area contributed by atoms with Crippen LogP contribution in [-0.2, 0) is 11.0 Å². The van der Waals surface area contributed by atoms with Gasteiger partial charge in [-0.15, -0.1) is 0 Å². The van der Waals surface area contributed by atoms with Crippen molar-refractivity contribution in [2.24, 2.45) is 0 Å². The molecule has 1 amide bonds. The van der Waals surface area contributed by atoms with Crippen LogP contribution in [0, 0.1) is 6.92 Å². The predicted molar refractivity (Wildman–Crippen MR) is 104 cm³/mol. The van der Waals surface area contributed by atoms with Gasteiger partial charge in [-0.25, -0.2) is 4.98 Å². The summed E-state index contributed by atoms with van der Waals surface area (Å²) in [6, 6.07) is 0.468. The largest absolute Gasteiger partial charge is 0.421 e. The molecule has 162 valence electrons. The zero-order valence-electron chi connectivity index (χ0n) is 16.8. The van der Waals surface area contributed by atoms with E-state index in [0.717, 1.165) is 37.7 Å². The lowest BCUT2D eigenvalue weighted by molar-refractivity contribution is -0.137. The number of rotatable bonds is 6. The number of carbonyl (C=O) groups excluding carboxylic acids is 1. The summed E-state index contributed by atoms with van der Waals surface area (Å²) in [5.74, 6) is 0.0364. The molecular weight excluding hydrogens is 399 g/mol. The van der Waals surface area contributed by atoms with E-state index in [4.69, 9.17) is 0 Å². The Kier molecular flexibility index (Phi) is 5.29. The molecule has 0 aromatic carbocycles. The maximum Gasteiger partial charge on any atom is 0.421 e. The van der Waals surface area contributed by atoms with Gasteiger partial charge >= 0.3 is 6.18 Å². The van der Waals surface area contributed by atoms with Gasteiger partial charge in [0.1, 0.15) is 11.4 Å². The predicted octanol–water partition coefficient (Wildman–Crippen LogP) is 3.50. The minimum absolute atomic E-state index is 0.0655. The van der Waals surface area contributed by atoms with Crippen molar-refractivity contribution in [2.45, 2.75) is 57.8 Å². The number of nitrogens with one attached hydrogen (secondary N) is 2. The summed E-state index contributed by atoms with van der Waals surface area (Å²) in [5, 5.41) is 10.0. The number of hydrogen-bond donors (Lipinski definition) is 2. The third-order valence-electron chi connectivity index (χ3n) is 5.71. The number of nitrogens with zero attached hydrogens (tertiary/aromatic N) is 5. The molecule has 0 unspecified atom stereocenters. The maximum atomic E-state index is 13.1. The number of aromatic nitrogens is 4. The SMILES string of the molecule is CCNc1nc(Nc2cnn([C@H]3C[C@H](N4CCCC4=O)C3)c2C)ncc1C(F)(F)F. The van der Waals surface area contributed by atoms with Crippen molar-refractivity contribution in [1.29, 1.82) is 0 Å². The van der Waals surface area contributed by atoms with Gasteiger partial charge in [-0.2, -0.15) is 23.3 Å². The van der Waals surface area contributed by atoms with E-state index < -0.39 is 11.7 Å². The van der Waals surface area contributed by atoms with Gasteiger partial charge < -0.3 is 15.5 Å². The molecular formula is C19H24F3N7O. The molecule has 3 heterocycles. The molecule has 2 aliphatic rings. The smallest absolute Gasteiger partial charge is 0.370 e. The lowest BCUT2D eigenvalue weighted by Gasteiger charge is -2.41. The summed E-state index contributed by atoms with van der Waals surface area (Å²) >= 11 is 0. The lowest BCUT2D eigenvalue weighted by atomic mass is 9.85. The average Bonchev–Trinajstić information content (AvgIpc) is 3.21. The third kappa shape index (κ3) is 3.80. The number of likely N-dealkylation sites (tertiary alicyclic amines) is 1. The van der Waals surface area contributed by atoms with E-state index in [0.29, 0.717) is 18.7 Å². The molecule has 0 radical (unpaired) electrons. The van der Waals surface area contributed by atoms with Crippen LogP contribution >= 0.6 is 0 Å². The first-order chi connectivity index (χ1) is 14.3. The first-order valence-electron chi connectivity index (χ1n) is 10.1. The highest BCUT2D eigenvalue weighted by atomic mass is 19.4. The molecule has 8 nitrogen and oxygen atoms in total. The Labute approximate surface area is 171 Å². The zero-order chi connectivity index (χ0) is 21.5. The quantitative estimate of drug-likeness (QED) is 0.740. The van der Waals surface area contributed by atoms with E-state index >= 15 is 0 Å². The monoisotopic (exact) mass is 423 g/mol. The van der Waals surface area contributed by atoms with Crippen LogP contribution in [0.3, 0.4) is 0 Å². The summed E-state index contributed by atoms with van der Waals surface area (Å²) in [5.41, 5.74) is 0.580. The molecule has 1 aliphatic heterocycles.